The third kappa shape index (κ3) is 3.64. The number of imidazole rings is 1. The monoisotopic (exact) mass is 374 g/mol. The van der Waals surface area contributed by atoms with Crippen LogP contribution in [0.25, 0.3) is 11.0 Å². The third-order valence-corrected chi connectivity index (χ3v) is 4.78. The van der Waals surface area contributed by atoms with Crippen molar-refractivity contribution in [3.8, 4) is 11.5 Å². The van der Waals surface area contributed by atoms with Gasteiger partial charge in [0.05, 0.1) is 0 Å². The zero-order valence-corrected chi connectivity index (χ0v) is 16.1. The van der Waals surface area contributed by atoms with Crippen LogP contribution >= 0.6 is 0 Å². The zero-order valence-electron chi connectivity index (χ0n) is 16.1. The van der Waals surface area contributed by atoms with Crippen LogP contribution in [0.15, 0.2) is 72.8 Å². The molecular weight excluding hydrogens is 350 g/mol. The van der Waals surface area contributed by atoms with E-state index in [0.29, 0.717) is 19.4 Å². The van der Waals surface area contributed by atoms with Crippen molar-refractivity contribution >= 4 is 17.0 Å². The number of nitrogen functional groups attached to an aromatic ring is 1. The van der Waals surface area contributed by atoms with Crippen molar-refractivity contribution < 1.29 is 14.0 Å². The van der Waals surface area contributed by atoms with Gasteiger partial charge in [-0.3, -0.25) is 5.73 Å². The lowest BCUT2D eigenvalue weighted by atomic mass is 10.2. The van der Waals surface area contributed by atoms with E-state index in [4.69, 9.17) is 15.2 Å². The number of hydrogen-bond donors (Lipinski definition) is 1. The zero-order chi connectivity index (χ0) is 19.5. The second kappa shape index (κ2) is 7.64. The Bertz CT molecular complexity index is 997. The molecule has 1 aromatic heterocycles. The van der Waals surface area contributed by atoms with Crippen LogP contribution in [0.3, 0.4) is 0 Å². The van der Waals surface area contributed by atoms with E-state index in [0.717, 1.165) is 22.5 Å². The standard InChI is InChI=1S/C23H23N3O2/c1-17-7-11-19(12-8-17)27-15-25-21-5-3-4-6-22(21)26(23(25)24)16-28-20-13-9-18(2)10-14-20/h3-14,24H,15-16H2,1-2H3/p+1. The molecular formula is C23H24N3O2+. The van der Waals surface area contributed by atoms with E-state index in [1.54, 1.807) is 0 Å². The summed E-state index contributed by atoms with van der Waals surface area (Å²) in [5.41, 5.74) is 10.9. The lowest BCUT2D eigenvalue weighted by molar-refractivity contribution is -0.687. The van der Waals surface area contributed by atoms with Crippen molar-refractivity contribution in [1.82, 2.24) is 4.57 Å². The molecule has 0 radical (unpaired) electrons. The largest absolute Gasteiger partial charge is 0.460 e. The minimum absolute atomic E-state index is 0.326. The summed E-state index contributed by atoms with van der Waals surface area (Å²) in [5.74, 6) is 2.20. The molecule has 28 heavy (non-hydrogen) atoms. The average Bonchev–Trinajstić information content (AvgIpc) is 2.98. The Morgan fingerprint density at radius 1 is 0.786 bits per heavy atom. The highest BCUT2D eigenvalue weighted by Crippen LogP contribution is 2.19. The van der Waals surface area contributed by atoms with Gasteiger partial charge in [-0.2, -0.15) is 9.13 Å². The van der Waals surface area contributed by atoms with Gasteiger partial charge >= 0.3 is 5.95 Å². The minimum atomic E-state index is 0.326. The molecule has 2 N–H and O–H groups in total. The van der Waals surface area contributed by atoms with Crippen molar-refractivity contribution in [3.05, 3.63) is 83.9 Å². The Kier molecular flexibility index (Phi) is 4.89. The predicted molar refractivity (Wildman–Crippen MR) is 110 cm³/mol. The van der Waals surface area contributed by atoms with Crippen LogP contribution in [0.2, 0.25) is 0 Å². The van der Waals surface area contributed by atoms with Crippen LogP contribution in [-0.2, 0) is 13.5 Å². The Hall–Kier alpha value is -3.47. The Morgan fingerprint density at radius 2 is 1.36 bits per heavy atom. The molecule has 4 aromatic rings. The van der Waals surface area contributed by atoms with Crippen LogP contribution in [-0.4, -0.2) is 4.57 Å². The molecule has 5 heteroatoms. The maximum Gasteiger partial charge on any atom is 0.361 e. The number of ether oxygens (including phenoxy) is 2. The molecule has 0 saturated heterocycles. The van der Waals surface area contributed by atoms with E-state index in [1.165, 1.54) is 11.1 Å². The summed E-state index contributed by atoms with van der Waals surface area (Å²) >= 11 is 0. The number of aryl methyl sites for hydroxylation is 2. The summed E-state index contributed by atoms with van der Waals surface area (Å²) in [6, 6.07) is 24.0. The van der Waals surface area contributed by atoms with Gasteiger partial charge in [0.25, 0.3) is 0 Å². The van der Waals surface area contributed by atoms with Crippen molar-refractivity contribution in [2.24, 2.45) is 0 Å². The van der Waals surface area contributed by atoms with Crippen molar-refractivity contribution in [1.29, 1.82) is 0 Å². The fraction of sp³-hybridized carbons (Fsp3) is 0.174. The quantitative estimate of drug-likeness (QED) is 0.515. The number of hydrogen-bond acceptors (Lipinski definition) is 3. The molecule has 0 aliphatic carbocycles. The molecule has 5 nitrogen and oxygen atoms in total. The van der Waals surface area contributed by atoms with Gasteiger partial charge in [0.15, 0.2) is 0 Å². The van der Waals surface area contributed by atoms with E-state index in [1.807, 2.05) is 81.9 Å². The van der Waals surface area contributed by atoms with Gasteiger partial charge in [-0.1, -0.05) is 47.5 Å². The van der Waals surface area contributed by atoms with Gasteiger partial charge in [-0.15, -0.1) is 0 Å². The highest BCUT2D eigenvalue weighted by Gasteiger charge is 2.21. The van der Waals surface area contributed by atoms with Crippen LogP contribution < -0.4 is 19.8 Å². The molecule has 0 unspecified atom stereocenters. The molecule has 0 spiro atoms. The number of aromatic nitrogens is 2. The topological polar surface area (TPSA) is 53.3 Å². The Morgan fingerprint density at radius 3 is 2.00 bits per heavy atom. The van der Waals surface area contributed by atoms with E-state index >= 15 is 0 Å². The van der Waals surface area contributed by atoms with Crippen LogP contribution in [0.1, 0.15) is 11.1 Å². The predicted octanol–water partition coefficient (Wildman–Crippen LogP) is 4.20. The fourth-order valence-electron chi connectivity index (χ4n) is 3.13. The molecule has 0 atom stereocenters. The molecule has 0 aliphatic heterocycles. The van der Waals surface area contributed by atoms with Gasteiger partial charge in [0.1, 0.15) is 22.5 Å². The van der Waals surface area contributed by atoms with Crippen LogP contribution in [0, 0.1) is 13.8 Å². The highest BCUT2D eigenvalue weighted by molar-refractivity contribution is 5.73. The molecule has 0 amide bonds. The second-order valence-corrected chi connectivity index (χ2v) is 6.88. The van der Waals surface area contributed by atoms with E-state index in [9.17, 15) is 0 Å². The number of nitrogens with two attached hydrogens (primary N) is 1. The first-order valence-corrected chi connectivity index (χ1v) is 9.27. The Balaban J connectivity index is 1.59. The summed E-state index contributed by atoms with van der Waals surface area (Å²) in [6.45, 7) is 4.76. The first kappa shape index (κ1) is 17.9. The number of nitrogens with zero attached hydrogens (tertiary/aromatic N) is 2. The lowest BCUT2D eigenvalue weighted by Crippen LogP contribution is -2.39. The van der Waals surface area contributed by atoms with Gasteiger partial charge in [-0.05, 0) is 50.2 Å². The van der Waals surface area contributed by atoms with E-state index < -0.39 is 0 Å². The van der Waals surface area contributed by atoms with Gasteiger partial charge in [0.2, 0.25) is 13.5 Å². The molecule has 3 aromatic carbocycles. The van der Waals surface area contributed by atoms with Crippen molar-refractivity contribution in [3.63, 3.8) is 0 Å². The highest BCUT2D eigenvalue weighted by atomic mass is 16.5. The maximum absolute atomic E-state index is 6.46. The lowest BCUT2D eigenvalue weighted by Gasteiger charge is -2.07. The first-order valence-electron chi connectivity index (χ1n) is 9.27. The van der Waals surface area contributed by atoms with Crippen LogP contribution in [0.4, 0.5) is 5.95 Å². The number of rotatable bonds is 6. The van der Waals surface area contributed by atoms with Crippen LogP contribution in [0.5, 0.6) is 11.5 Å². The van der Waals surface area contributed by atoms with Gasteiger partial charge in [0, 0.05) is 0 Å². The molecule has 0 bridgehead atoms. The third-order valence-electron chi connectivity index (χ3n) is 4.78. The fourth-order valence-corrected chi connectivity index (χ4v) is 3.13. The number of benzene rings is 3. The van der Waals surface area contributed by atoms with Crippen molar-refractivity contribution in [2.45, 2.75) is 27.3 Å². The minimum Gasteiger partial charge on any atom is -0.460 e. The SMILES string of the molecule is Cc1ccc(OCn2c(N)[n+](COc3ccc(C)cc3)c3ccccc32)cc1. The molecule has 1 heterocycles. The summed E-state index contributed by atoms with van der Waals surface area (Å²) in [4.78, 5) is 0. The maximum atomic E-state index is 6.46. The number of anilines is 1. The summed E-state index contributed by atoms with van der Waals surface area (Å²) in [5, 5.41) is 0. The Labute approximate surface area is 164 Å². The van der Waals surface area contributed by atoms with E-state index in [2.05, 4.69) is 13.8 Å². The molecule has 4 rings (SSSR count). The molecule has 0 saturated carbocycles. The normalized spacial score (nSPS) is 10.9. The molecule has 142 valence electrons. The van der Waals surface area contributed by atoms with Gasteiger partial charge in [-0.25, -0.2) is 0 Å². The summed E-state index contributed by atoms with van der Waals surface area (Å²) < 4.78 is 15.8. The number of para-hydroxylation sites is 2. The molecule has 0 aliphatic rings. The number of fused-ring (bicyclic) bond motifs is 1. The first-order chi connectivity index (χ1) is 13.6. The smallest absolute Gasteiger partial charge is 0.361 e. The molecule has 0 fully saturated rings. The van der Waals surface area contributed by atoms with Crippen molar-refractivity contribution in [2.75, 3.05) is 5.73 Å². The average molecular weight is 374 g/mol. The summed E-state index contributed by atoms with van der Waals surface area (Å²) in [6.07, 6.45) is 0. The van der Waals surface area contributed by atoms with E-state index in [-0.39, 0.29) is 0 Å². The van der Waals surface area contributed by atoms with Gasteiger partial charge < -0.3 is 9.47 Å². The second-order valence-electron chi connectivity index (χ2n) is 6.88. The summed E-state index contributed by atoms with van der Waals surface area (Å²) in [7, 11) is 0.